The Kier molecular flexibility index (Phi) is 3.89. The molecule has 6 nitrogen and oxygen atoms in total. The first-order valence-electron chi connectivity index (χ1n) is 7.01. The van der Waals surface area contributed by atoms with Crippen molar-refractivity contribution in [2.75, 3.05) is 6.54 Å². The van der Waals surface area contributed by atoms with Gasteiger partial charge < -0.3 is 10.6 Å². The summed E-state index contributed by atoms with van der Waals surface area (Å²) in [5, 5.41) is 4.15. The van der Waals surface area contributed by atoms with Crippen molar-refractivity contribution in [3.8, 4) is 0 Å². The molecule has 7 heteroatoms. The molecule has 0 aliphatic carbocycles. The molecule has 1 aliphatic heterocycles. The summed E-state index contributed by atoms with van der Waals surface area (Å²) in [5.74, 6) is -0.705. The van der Waals surface area contributed by atoms with Crippen LogP contribution < -0.4 is 5.73 Å². The van der Waals surface area contributed by atoms with Gasteiger partial charge in [0.25, 0.3) is 11.8 Å². The molecule has 3 heterocycles. The number of primary amides is 1. The van der Waals surface area contributed by atoms with Crippen LogP contribution in [-0.4, -0.2) is 39.3 Å². The van der Waals surface area contributed by atoms with Crippen LogP contribution >= 0.6 is 11.3 Å². The Hall–Kier alpha value is -2.28. The quantitative estimate of drug-likeness (QED) is 0.932. The highest BCUT2D eigenvalue weighted by Crippen LogP contribution is 2.33. The van der Waals surface area contributed by atoms with E-state index in [2.05, 4.69) is 21.4 Å². The fourth-order valence-corrected chi connectivity index (χ4v) is 3.62. The van der Waals surface area contributed by atoms with Crippen LogP contribution in [0.1, 0.15) is 45.8 Å². The zero-order valence-electron chi connectivity index (χ0n) is 12.1. The lowest BCUT2D eigenvalue weighted by atomic mass is 10.00. The van der Waals surface area contributed by atoms with Crippen LogP contribution in [-0.2, 0) is 0 Å². The van der Waals surface area contributed by atoms with Crippen molar-refractivity contribution in [2.45, 2.75) is 25.3 Å². The van der Waals surface area contributed by atoms with Gasteiger partial charge in [-0.1, -0.05) is 0 Å². The predicted octanol–water partition coefficient (Wildman–Crippen LogP) is 1.66. The third-order valence-electron chi connectivity index (χ3n) is 3.98. The molecule has 1 fully saturated rings. The van der Waals surface area contributed by atoms with E-state index in [4.69, 9.17) is 5.73 Å². The topological polar surface area (TPSA) is 89.2 Å². The standard InChI is InChI=1S/C15H16N4O2S/c1-9-6-11(10-2-5-22-8-10)7-19(9)15(21)13-12(14(16)20)17-3-4-18-13/h2-5,8-9,11H,6-7H2,1H3,(H2,16,20). The van der Waals surface area contributed by atoms with E-state index in [0.29, 0.717) is 12.5 Å². The fourth-order valence-electron chi connectivity index (χ4n) is 2.87. The Labute approximate surface area is 132 Å². The monoisotopic (exact) mass is 316 g/mol. The van der Waals surface area contributed by atoms with E-state index in [9.17, 15) is 9.59 Å². The summed E-state index contributed by atoms with van der Waals surface area (Å²) in [4.78, 5) is 33.8. The van der Waals surface area contributed by atoms with Crippen LogP contribution in [0.4, 0.5) is 0 Å². The second-order valence-electron chi connectivity index (χ2n) is 5.41. The highest BCUT2D eigenvalue weighted by molar-refractivity contribution is 7.08. The zero-order chi connectivity index (χ0) is 15.7. The molecule has 0 saturated carbocycles. The fraction of sp³-hybridized carbons (Fsp3) is 0.333. The number of nitrogens with zero attached hydrogens (tertiary/aromatic N) is 3. The van der Waals surface area contributed by atoms with Crippen LogP contribution in [0.3, 0.4) is 0 Å². The molecular weight excluding hydrogens is 300 g/mol. The van der Waals surface area contributed by atoms with Crippen molar-refractivity contribution in [3.05, 3.63) is 46.2 Å². The minimum Gasteiger partial charge on any atom is -0.364 e. The molecule has 22 heavy (non-hydrogen) atoms. The number of rotatable bonds is 3. The van der Waals surface area contributed by atoms with Gasteiger partial charge in [-0.3, -0.25) is 9.59 Å². The summed E-state index contributed by atoms with van der Waals surface area (Å²) in [5.41, 5.74) is 6.50. The summed E-state index contributed by atoms with van der Waals surface area (Å²) >= 11 is 1.65. The van der Waals surface area contributed by atoms with E-state index >= 15 is 0 Å². The third kappa shape index (κ3) is 2.59. The summed E-state index contributed by atoms with van der Waals surface area (Å²) in [7, 11) is 0. The number of aromatic nitrogens is 2. The molecule has 2 aromatic rings. The Morgan fingerprint density at radius 3 is 2.68 bits per heavy atom. The molecular formula is C15H16N4O2S. The van der Waals surface area contributed by atoms with Crippen molar-refractivity contribution >= 4 is 23.2 Å². The molecule has 2 N–H and O–H groups in total. The van der Waals surface area contributed by atoms with Crippen LogP contribution in [0, 0.1) is 0 Å². The highest BCUT2D eigenvalue weighted by atomic mass is 32.1. The van der Waals surface area contributed by atoms with Crippen molar-refractivity contribution in [2.24, 2.45) is 5.73 Å². The lowest BCUT2D eigenvalue weighted by Gasteiger charge is -2.21. The number of hydrogen-bond acceptors (Lipinski definition) is 5. The maximum atomic E-state index is 12.7. The van der Waals surface area contributed by atoms with Gasteiger partial charge in [0.15, 0.2) is 11.4 Å². The molecule has 2 atom stereocenters. The minimum atomic E-state index is -0.738. The molecule has 1 aliphatic rings. The summed E-state index contributed by atoms with van der Waals surface area (Å²) in [6.45, 7) is 2.62. The third-order valence-corrected chi connectivity index (χ3v) is 4.69. The molecule has 3 rings (SSSR count). The van der Waals surface area contributed by atoms with E-state index in [-0.39, 0.29) is 23.3 Å². The van der Waals surface area contributed by atoms with Gasteiger partial charge in [0.2, 0.25) is 0 Å². The largest absolute Gasteiger partial charge is 0.364 e. The van der Waals surface area contributed by atoms with E-state index in [1.165, 1.54) is 18.0 Å². The number of carbonyl (C=O) groups is 2. The highest BCUT2D eigenvalue weighted by Gasteiger charge is 2.35. The molecule has 0 aromatic carbocycles. The second-order valence-corrected chi connectivity index (χ2v) is 6.19. The van der Waals surface area contributed by atoms with Gasteiger partial charge in [-0.15, -0.1) is 0 Å². The average Bonchev–Trinajstić information content (AvgIpc) is 3.15. The van der Waals surface area contributed by atoms with Gasteiger partial charge in [-0.05, 0) is 35.7 Å². The van der Waals surface area contributed by atoms with Gasteiger partial charge in [-0.25, -0.2) is 9.97 Å². The summed E-state index contributed by atoms with van der Waals surface area (Å²) in [6, 6.07) is 2.17. The Morgan fingerprint density at radius 2 is 2.05 bits per heavy atom. The summed E-state index contributed by atoms with van der Waals surface area (Å²) < 4.78 is 0. The van der Waals surface area contributed by atoms with E-state index in [1.54, 1.807) is 16.2 Å². The molecule has 0 radical (unpaired) electrons. The van der Waals surface area contributed by atoms with E-state index in [0.717, 1.165) is 6.42 Å². The van der Waals surface area contributed by atoms with Gasteiger partial charge in [0, 0.05) is 30.9 Å². The van der Waals surface area contributed by atoms with Gasteiger partial charge in [-0.2, -0.15) is 11.3 Å². The molecule has 2 unspecified atom stereocenters. The lowest BCUT2D eigenvalue weighted by Crippen LogP contribution is -2.36. The van der Waals surface area contributed by atoms with Gasteiger partial charge >= 0.3 is 0 Å². The van der Waals surface area contributed by atoms with Crippen molar-refractivity contribution in [1.82, 2.24) is 14.9 Å². The first kappa shape index (κ1) is 14.6. The number of nitrogens with two attached hydrogens (primary N) is 1. The molecule has 1 saturated heterocycles. The van der Waals surface area contributed by atoms with E-state index in [1.807, 2.05) is 12.3 Å². The number of thiophene rings is 1. The first-order valence-corrected chi connectivity index (χ1v) is 7.96. The molecule has 2 aromatic heterocycles. The SMILES string of the molecule is CC1CC(c2ccsc2)CN1C(=O)c1nccnc1C(N)=O. The first-order chi connectivity index (χ1) is 10.6. The lowest BCUT2D eigenvalue weighted by molar-refractivity contribution is 0.0733. The number of hydrogen-bond donors (Lipinski definition) is 1. The summed E-state index contributed by atoms with van der Waals surface area (Å²) in [6.07, 6.45) is 3.66. The van der Waals surface area contributed by atoms with Crippen LogP contribution in [0.5, 0.6) is 0 Å². The maximum Gasteiger partial charge on any atom is 0.275 e. The predicted molar refractivity (Wildman–Crippen MR) is 82.7 cm³/mol. The zero-order valence-corrected chi connectivity index (χ0v) is 12.9. The van der Waals surface area contributed by atoms with Crippen LogP contribution in [0.15, 0.2) is 29.2 Å². The maximum absolute atomic E-state index is 12.7. The number of likely N-dealkylation sites (tertiary alicyclic amines) is 1. The van der Waals surface area contributed by atoms with E-state index < -0.39 is 5.91 Å². The Bertz CT molecular complexity index is 701. The average molecular weight is 316 g/mol. The smallest absolute Gasteiger partial charge is 0.275 e. The number of amides is 2. The van der Waals surface area contributed by atoms with Crippen LogP contribution in [0.25, 0.3) is 0 Å². The van der Waals surface area contributed by atoms with Gasteiger partial charge in [0.1, 0.15) is 0 Å². The molecule has 0 spiro atoms. The van der Waals surface area contributed by atoms with Crippen LogP contribution in [0.2, 0.25) is 0 Å². The normalized spacial score (nSPS) is 21.0. The molecule has 2 amide bonds. The number of carbonyl (C=O) groups excluding carboxylic acids is 2. The molecule has 114 valence electrons. The Morgan fingerprint density at radius 1 is 1.32 bits per heavy atom. The van der Waals surface area contributed by atoms with Crippen molar-refractivity contribution in [3.63, 3.8) is 0 Å². The second kappa shape index (κ2) is 5.84. The minimum absolute atomic E-state index is 0.0350. The van der Waals surface area contributed by atoms with Crippen molar-refractivity contribution < 1.29 is 9.59 Å². The Balaban J connectivity index is 1.85. The van der Waals surface area contributed by atoms with Gasteiger partial charge in [0.05, 0.1) is 0 Å². The molecule has 0 bridgehead atoms. The van der Waals surface area contributed by atoms with Crippen molar-refractivity contribution in [1.29, 1.82) is 0 Å².